The SMILES string of the molecule is CCCc1c(Cc2ccc(-c3ccccc3C3=NOC(O)N3)cc2)c(=O)n(-c2ccccc2)c2ncnn12. The number of para-hydroxylation sites is 1. The maximum absolute atomic E-state index is 13.9. The predicted octanol–water partition coefficient (Wildman–Crippen LogP) is 3.65. The molecule has 0 amide bonds. The number of nitrogens with one attached hydrogen (secondary N) is 1. The van der Waals surface area contributed by atoms with Gasteiger partial charge in [-0.3, -0.25) is 4.79 Å². The van der Waals surface area contributed by atoms with Crippen LogP contribution in [0, 0.1) is 0 Å². The van der Waals surface area contributed by atoms with Crippen molar-refractivity contribution < 1.29 is 9.94 Å². The molecule has 0 fully saturated rings. The van der Waals surface area contributed by atoms with Crippen molar-refractivity contribution in [3.8, 4) is 16.8 Å². The number of aryl methyl sites for hydroxylation is 1. The van der Waals surface area contributed by atoms with E-state index in [1.165, 1.54) is 6.33 Å². The first-order valence-electron chi connectivity index (χ1n) is 12.5. The van der Waals surface area contributed by atoms with Crippen LogP contribution in [0.25, 0.3) is 22.6 Å². The molecule has 2 N–H and O–H groups in total. The van der Waals surface area contributed by atoms with Gasteiger partial charge in [0.15, 0.2) is 5.84 Å². The Balaban J connectivity index is 1.40. The van der Waals surface area contributed by atoms with Crippen LogP contribution in [0.3, 0.4) is 0 Å². The van der Waals surface area contributed by atoms with Crippen LogP contribution in [0.1, 0.15) is 35.7 Å². The summed E-state index contributed by atoms with van der Waals surface area (Å²) in [6, 6.07) is 25.5. The minimum Gasteiger partial charge on any atom is -0.340 e. The molecule has 5 aromatic rings. The molecule has 0 saturated carbocycles. The minimum atomic E-state index is -1.15. The lowest BCUT2D eigenvalue weighted by atomic mass is 9.96. The largest absolute Gasteiger partial charge is 0.340 e. The van der Waals surface area contributed by atoms with Crippen molar-refractivity contribution in [1.29, 1.82) is 0 Å². The summed E-state index contributed by atoms with van der Waals surface area (Å²) >= 11 is 0. The van der Waals surface area contributed by atoms with Gasteiger partial charge in [-0.25, -0.2) is 9.08 Å². The molecule has 1 unspecified atom stereocenters. The summed E-state index contributed by atoms with van der Waals surface area (Å²) in [4.78, 5) is 23.2. The highest BCUT2D eigenvalue weighted by Gasteiger charge is 2.22. The molecule has 1 atom stereocenters. The number of amidine groups is 1. The number of oxime groups is 1. The lowest BCUT2D eigenvalue weighted by Crippen LogP contribution is -2.29. The molecule has 1 aliphatic rings. The average Bonchev–Trinajstić information content (AvgIpc) is 3.61. The summed E-state index contributed by atoms with van der Waals surface area (Å²) in [6.07, 6.45) is 2.40. The predicted molar refractivity (Wildman–Crippen MR) is 144 cm³/mol. The van der Waals surface area contributed by atoms with Crippen LogP contribution in [0.5, 0.6) is 0 Å². The van der Waals surface area contributed by atoms with E-state index in [0.29, 0.717) is 30.0 Å². The van der Waals surface area contributed by atoms with Crippen molar-refractivity contribution in [3.05, 3.63) is 118 Å². The van der Waals surface area contributed by atoms with Gasteiger partial charge < -0.3 is 15.3 Å². The van der Waals surface area contributed by atoms with Crippen molar-refractivity contribution in [3.63, 3.8) is 0 Å². The molecular formula is C29H26N6O3. The lowest BCUT2D eigenvalue weighted by molar-refractivity contribution is -0.0896. The van der Waals surface area contributed by atoms with E-state index >= 15 is 0 Å². The van der Waals surface area contributed by atoms with Crippen LogP contribution in [-0.2, 0) is 17.7 Å². The quantitative estimate of drug-likeness (QED) is 0.349. The van der Waals surface area contributed by atoms with E-state index in [9.17, 15) is 9.90 Å². The summed E-state index contributed by atoms with van der Waals surface area (Å²) in [5, 5.41) is 20.9. The van der Waals surface area contributed by atoms with Crippen LogP contribution in [0.4, 0.5) is 0 Å². The third kappa shape index (κ3) is 4.22. The maximum Gasteiger partial charge on any atom is 0.304 e. The summed E-state index contributed by atoms with van der Waals surface area (Å²) in [5.74, 6) is 0.988. The summed E-state index contributed by atoms with van der Waals surface area (Å²) in [7, 11) is 0. The molecule has 3 aromatic carbocycles. The Morgan fingerprint density at radius 1 is 0.974 bits per heavy atom. The van der Waals surface area contributed by atoms with E-state index in [2.05, 4.69) is 27.5 Å². The van der Waals surface area contributed by atoms with E-state index in [0.717, 1.165) is 40.1 Å². The molecule has 3 heterocycles. The van der Waals surface area contributed by atoms with Gasteiger partial charge in [-0.1, -0.05) is 85.2 Å². The van der Waals surface area contributed by atoms with Crippen LogP contribution in [-0.4, -0.2) is 36.5 Å². The second-order valence-corrected chi connectivity index (χ2v) is 9.08. The van der Waals surface area contributed by atoms with E-state index in [4.69, 9.17) is 4.84 Å². The first kappa shape index (κ1) is 23.6. The van der Waals surface area contributed by atoms with Gasteiger partial charge in [0, 0.05) is 17.5 Å². The summed E-state index contributed by atoms with van der Waals surface area (Å²) < 4.78 is 3.43. The molecule has 6 rings (SSSR count). The van der Waals surface area contributed by atoms with Crippen LogP contribution >= 0.6 is 0 Å². The fourth-order valence-electron chi connectivity index (χ4n) is 4.88. The van der Waals surface area contributed by atoms with E-state index in [-0.39, 0.29) is 5.56 Å². The second-order valence-electron chi connectivity index (χ2n) is 9.08. The number of hydrogen-bond donors (Lipinski definition) is 2. The third-order valence-corrected chi connectivity index (χ3v) is 6.63. The van der Waals surface area contributed by atoms with Gasteiger partial charge in [0.2, 0.25) is 5.78 Å². The van der Waals surface area contributed by atoms with Gasteiger partial charge in [-0.2, -0.15) is 10.1 Å². The van der Waals surface area contributed by atoms with Crippen molar-refractivity contribution in [1.82, 2.24) is 24.5 Å². The number of hydrogen-bond acceptors (Lipinski definition) is 7. The number of aromatic nitrogens is 4. The molecule has 0 aliphatic carbocycles. The zero-order valence-electron chi connectivity index (χ0n) is 20.8. The molecule has 38 heavy (non-hydrogen) atoms. The first-order valence-corrected chi connectivity index (χ1v) is 12.5. The number of benzene rings is 3. The fraction of sp³-hybridized carbons (Fsp3) is 0.172. The van der Waals surface area contributed by atoms with Gasteiger partial charge in [0.05, 0.1) is 11.4 Å². The Labute approximate surface area is 218 Å². The number of fused-ring (bicyclic) bond motifs is 1. The number of nitrogens with zero attached hydrogens (tertiary/aromatic N) is 5. The minimum absolute atomic E-state index is 0.0848. The Bertz CT molecular complexity index is 1690. The monoisotopic (exact) mass is 506 g/mol. The highest BCUT2D eigenvalue weighted by atomic mass is 16.7. The summed E-state index contributed by atoms with van der Waals surface area (Å²) in [6.45, 7) is 2.09. The number of aliphatic hydroxyl groups excluding tert-OH is 1. The van der Waals surface area contributed by atoms with Crippen molar-refractivity contribution in [2.75, 3.05) is 0 Å². The molecular weight excluding hydrogens is 480 g/mol. The van der Waals surface area contributed by atoms with Crippen LogP contribution < -0.4 is 10.9 Å². The highest BCUT2D eigenvalue weighted by molar-refractivity contribution is 6.04. The maximum atomic E-state index is 13.9. The zero-order chi connectivity index (χ0) is 26.1. The standard InChI is InChI=1S/C29H26N6O3/c1-2-8-25-24(27(36)34(21-9-4-3-5-10-21)28-30-18-31-35(25)28)17-19-13-15-20(16-14-19)22-11-6-7-12-23(22)26-32-29(37)38-33-26/h3-7,9-16,18,29,37H,2,8,17H2,1H3,(H,32,33). The Kier molecular flexibility index (Phi) is 6.19. The van der Waals surface area contributed by atoms with Gasteiger partial charge in [-0.05, 0) is 35.2 Å². The molecule has 2 aromatic heterocycles. The molecule has 0 saturated heterocycles. The van der Waals surface area contributed by atoms with Gasteiger partial charge in [0.25, 0.3) is 5.56 Å². The van der Waals surface area contributed by atoms with Gasteiger partial charge in [0.1, 0.15) is 6.33 Å². The molecule has 9 heteroatoms. The molecule has 0 radical (unpaired) electrons. The normalized spacial score (nSPS) is 14.8. The molecule has 190 valence electrons. The Morgan fingerprint density at radius 3 is 2.42 bits per heavy atom. The number of aliphatic hydroxyl groups is 1. The van der Waals surface area contributed by atoms with Crippen molar-refractivity contribution >= 4 is 11.6 Å². The molecule has 0 spiro atoms. The smallest absolute Gasteiger partial charge is 0.304 e. The van der Waals surface area contributed by atoms with Crippen molar-refractivity contribution in [2.45, 2.75) is 32.6 Å². The molecule has 1 aliphatic heterocycles. The lowest BCUT2D eigenvalue weighted by Gasteiger charge is -2.16. The zero-order valence-corrected chi connectivity index (χ0v) is 20.8. The highest BCUT2D eigenvalue weighted by Crippen LogP contribution is 2.26. The summed E-state index contributed by atoms with van der Waals surface area (Å²) in [5.41, 5.74) is 6.03. The molecule has 0 bridgehead atoms. The van der Waals surface area contributed by atoms with Gasteiger partial charge >= 0.3 is 6.41 Å². The van der Waals surface area contributed by atoms with Crippen molar-refractivity contribution in [2.24, 2.45) is 5.16 Å². The molecule has 9 nitrogen and oxygen atoms in total. The van der Waals surface area contributed by atoms with Crippen LogP contribution in [0.15, 0.2) is 95.1 Å². The third-order valence-electron chi connectivity index (χ3n) is 6.63. The second kappa shape index (κ2) is 9.95. The average molecular weight is 507 g/mol. The van der Waals surface area contributed by atoms with E-state index in [1.54, 1.807) is 9.08 Å². The van der Waals surface area contributed by atoms with E-state index < -0.39 is 6.41 Å². The fourth-order valence-corrected chi connectivity index (χ4v) is 4.88. The van der Waals surface area contributed by atoms with E-state index in [1.807, 2.05) is 78.9 Å². The topological polar surface area (TPSA) is 106 Å². The Hall–Kier alpha value is -4.76. The Morgan fingerprint density at radius 2 is 1.71 bits per heavy atom. The number of rotatable bonds is 7. The first-order chi connectivity index (χ1) is 18.6. The van der Waals surface area contributed by atoms with Crippen LogP contribution in [0.2, 0.25) is 0 Å². The van der Waals surface area contributed by atoms with Gasteiger partial charge in [-0.15, -0.1) is 0 Å².